The number of nitrogens with one attached hydrogen (secondary N) is 1. The lowest BCUT2D eigenvalue weighted by Crippen LogP contribution is -2.53. The lowest BCUT2D eigenvalue weighted by Gasteiger charge is -2.39. The van der Waals surface area contributed by atoms with Crippen LogP contribution in [0.5, 0.6) is 5.75 Å². The zero-order valence-corrected chi connectivity index (χ0v) is 17.9. The molecular formula is C26H29N3O2. The fraction of sp³-hybridized carbons (Fsp3) is 0.269. The molecule has 1 N–H and O–H groups in total. The van der Waals surface area contributed by atoms with E-state index in [9.17, 15) is 4.79 Å². The summed E-state index contributed by atoms with van der Waals surface area (Å²) in [7, 11) is 0. The maximum Gasteiger partial charge on any atom is 0.320 e. The summed E-state index contributed by atoms with van der Waals surface area (Å²) in [5.74, 6) is 0.754. The van der Waals surface area contributed by atoms with Gasteiger partial charge in [0.1, 0.15) is 5.75 Å². The summed E-state index contributed by atoms with van der Waals surface area (Å²) < 4.78 is 5.63. The molecule has 1 aliphatic heterocycles. The Bertz CT molecular complexity index is 913. The largest absolute Gasteiger partial charge is 0.473 e. The van der Waals surface area contributed by atoms with E-state index in [4.69, 9.17) is 4.74 Å². The zero-order valence-electron chi connectivity index (χ0n) is 17.9. The van der Waals surface area contributed by atoms with E-state index in [1.807, 2.05) is 48.2 Å². The minimum absolute atomic E-state index is 0.0808. The van der Waals surface area contributed by atoms with Crippen LogP contribution in [0.15, 0.2) is 84.9 Å². The maximum absolute atomic E-state index is 12.6. The number of rotatable bonds is 6. The summed E-state index contributed by atoms with van der Waals surface area (Å²) in [5.41, 5.74) is 3.73. The van der Waals surface area contributed by atoms with Crippen LogP contribution in [0.3, 0.4) is 0 Å². The number of piperazine rings is 1. The van der Waals surface area contributed by atoms with Crippen molar-refractivity contribution in [1.29, 1.82) is 0 Å². The summed E-state index contributed by atoms with van der Waals surface area (Å²) in [6.07, 6.45) is 0. The molecule has 0 bridgehead atoms. The van der Waals surface area contributed by atoms with Crippen LogP contribution in [0.25, 0.3) is 0 Å². The van der Waals surface area contributed by atoms with E-state index in [1.54, 1.807) is 0 Å². The van der Waals surface area contributed by atoms with Crippen molar-refractivity contribution < 1.29 is 9.53 Å². The Morgan fingerprint density at radius 1 is 0.839 bits per heavy atom. The van der Waals surface area contributed by atoms with E-state index in [1.165, 1.54) is 16.7 Å². The van der Waals surface area contributed by atoms with Crippen molar-refractivity contribution in [3.63, 3.8) is 0 Å². The van der Waals surface area contributed by atoms with Crippen LogP contribution in [-0.2, 0) is 0 Å². The van der Waals surface area contributed by atoms with Gasteiger partial charge in [-0.3, -0.25) is 4.90 Å². The molecular weight excluding hydrogens is 386 g/mol. The van der Waals surface area contributed by atoms with Crippen molar-refractivity contribution in [2.24, 2.45) is 0 Å². The van der Waals surface area contributed by atoms with Crippen LogP contribution in [0, 0.1) is 6.92 Å². The summed E-state index contributed by atoms with van der Waals surface area (Å²) in [6, 6.07) is 29.1. The molecule has 0 saturated carbocycles. The molecule has 0 aromatic heterocycles. The minimum Gasteiger partial charge on any atom is -0.473 e. The normalized spacial score (nSPS) is 14.5. The van der Waals surface area contributed by atoms with Gasteiger partial charge in [-0.05, 0) is 30.2 Å². The molecule has 0 radical (unpaired) electrons. The number of carbonyl (C=O) groups is 1. The average Bonchev–Trinajstić information content (AvgIpc) is 2.82. The lowest BCUT2D eigenvalue weighted by molar-refractivity contribution is 0.116. The van der Waals surface area contributed by atoms with E-state index >= 15 is 0 Å². The van der Waals surface area contributed by atoms with Crippen LogP contribution in [-0.4, -0.2) is 48.7 Å². The van der Waals surface area contributed by atoms with Gasteiger partial charge >= 0.3 is 6.03 Å². The summed E-state index contributed by atoms with van der Waals surface area (Å²) in [4.78, 5) is 16.9. The highest BCUT2D eigenvalue weighted by atomic mass is 16.5. The van der Waals surface area contributed by atoms with Gasteiger partial charge in [0.2, 0.25) is 0 Å². The van der Waals surface area contributed by atoms with E-state index in [2.05, 4.69) is 58.7 Å². The molecule has 0 unspecified atom stereocenters. The fourth-order valence-corrected chi connectivity index (χ4v) is 4.00. The predicted octanol–water partition coefficient (Wildman–Crippen LogP) is 4.45. The highest BCUT2D eigenvalue weighted by Gasteiger charge is 2.28. The van der Waals surface area contributed by atoms with Crippen molar-refractivity contribution in [1.82, 2.24) is 15.1 Å². The fourth-order valence-electron chi connectivity index (χ4n) is 4.00. The Labute approximate surface area is 184 Å². The minimum atomic E-state index is -0.0808. The second kappa shape index (κ2) is 10.1. The molecule has 1 aliphatic rings. The first-order valence-electron chi connectivity index (χ1n) is 10.8. The Morgan fingerprint density at radius 2 is 1.39 bits per heavy atom. The van der Waals surface area contributed by atoms with Gasteiger partial charge in [-0.1, -0.05) is 78.4 Å². The quantitative estimate of drug-likeness (QED) is 0.605. The van der Waals surface area contributed by atoms with Crippen molar-refractivity contribution >= 4 is 6.03 Å². The first-order chi connectivity index (χ1) is 15.2. The highest BCUT2D eigenvalue weighted by molar-refractivity contribution is 5.74. The standard InChI is InChI=1S/C26H29N3O2/c1-21-12-14-24(15-13-21)31-20-27-26(30)29-18-16-28(17-19-29)25(22-8-4-2-5-9-22)23-10-6-3-7-11-23/h2-15,25H,16-20H2,1H3,(H,27,30). The monoisotopic (exact) mass is 415 g/mol. The first kappa shape index (κ1) is 20.9. The molecule has 2 amide bonds. The van der Waals surface area contributed by atoms with Crippen LogP contribution < -0.4 is 10.1 Å². The molecule has 0 spiro atoms. The van der Waals surface area contributed by atoms with Gasteiger partial charge in [0.25, 0.3) is 0 Å². The molecule has 160 valence electrons. The summed E-state index contributed by atoms with van der Waals surface area (Å²) >= 11 is 0. The van der Waals surface area contributed by atoms with Crippen molar-refractivity contribution in [3.05, 3.63) is 102 Å². The molecule has 0 aliphatic carbocycles. The number of benzene rings is 3. The third-order valence-electron chi connectivity index (χ3n) is 5.68. The van der Waals surface area contributed by atoms with E-state index in [0.29, 0.717) is 13.1 Å². The number of ether oxygens (including phenoxy) is 1. The van der Waals surface area contributed by atoms with Crippen molar-refractivity contribution in [2.45, 2.75) is 13.0 Å². The van der Waals surface area contributed by atoms with Crippen LogP contribution in [0.1, 0.15) is 22.7 Å². The second-order valence-corrected chi connectivity index (χ2v) is 7.83. The Morgan fingerprint density at radius 3 is 1.94 bits per heavy atom. The van der Waals surface area contributed by atoms with Crippen LogP contribution in [0.2, 0.25) is 0 Å². The Balaban J connectivity index is 1.33. The molecule has 1 saturated heterocycles. The Hall–Kier alpha value is -3.31. The molecule has 3 aromatic rings. The van der Waals surface area contributed by atoms with Gasteiger partial charge in [-0.25, -0.2) is 4.79 Å². The van der Waals surface area contributed by atoms with Gasteiger partial charge in [-0.15, -0.1) is 0 Å². The maximum atomic E-state index is 12.6. The van der Waals surface area contributed by atoms with Crippen molar-refractivity contribution in [3.8, 4) is 5.75 Å². The zero-order chi connectivity index (χ0) is 21.5. The highest BCUT2D eigenvalue weighted by Crippen LogP contribution is 2.29. The van der Waals surface area contributed by atoms with Crippen molar-refractivity contribution in [2.75, 3.05) is 32.9 Å². The molecule has 1 fully saturated rings. The topological polar surface area (TPSA) is 44.8 Å². The molecule has 4 rings (SSSR count). The number of hydrogen-bond donors (Lipinski definition) is 1. The summed E-state index contributed by atoms with van der Waals surface area (Å²) in [6.45, 7) is 5.21. The van der Waals surface area contributed by atoms with E-state index < -0.39 is 0 Å². The SMILES string of the molecule is Cc1ccc(OCNC(=O)N2CCN(C(c3ccccc3)c3ccccc3)CC2)cc1. The van der Waals surface area contributed by atoms with Gasteiger partial charge < -0.3 is 15.0 Å². The number of aryl methyl sites for hydroxylation is 1. The second-order valence-electron chi connectivity index (χ2n) is 7.83. The summed E-state index contributed by atoms with van der Waals surface area (Å²) in [5, 5.41) is 2.87. The average molecular weight is 416 g/mol. The smallest absolute Gasteiger partial charge is 0.320 e. The number of hydrogen-bond acceptors (Lipinski definition) is 3. The third-order valence-corrected chi connectivity index (χ3v) is 5.68. The van der Waals surface area contributed by atoms with Crippen LogP contribution >= 0.6 is 0 Å². The van der Waals surface area contributed by atoms with Gasteiger partial charge in [-0.2, -0.15) is 0 Å². The molecule has 5 nitrogen and oxygen atoms in total. The third kappa shape index (κ3) is 5.44. The predicted molar refractivity (Wildman–Crippen MR) is 123 cm³/mol. The number of nitrogens with zero attached hydrogens (tertiary/aromatic N) is 2. The van der Waals surface area contributed by atoms with E-state index in [-0.39, 0.29) is 18.8 Å². The van der Waals surface area contributed by atoms with Gasteiger partial charge in [0.05, 0.1) is 6.04 Å². The lowest BCUT2D eigenvalue weighted by atomic mass is 9.96. The number of urea groups is 1. The molecule has 0 atom stereocenters. The molecule has 5 heteroatoms. The Kier molecular flexibility index (Phi) is 6.85. The van der Waals surface area contributed by atoms with Gasteiger partial charge in [0, 0.05) is 26.2 Å². The molecule has 1 heterocycles. The molecule has 31 heavy (non-hydrogen) atoms. The van der Waals surface area contributed by atoms with Crippen LogP contribution in [0.4, 0.5) is 4.79 Å². The number of carbonyl (C=O) groups excluding carboxylic acids is 1. The number of amides is 2. The first-order valence-corrected chi connectivity index (χ1v) is 10.8. The van der Waals surface area contributed by atoms with E-state index in [0.717, 1.165) is 18.8 Å². The molecule has 3 aromatic carbocycles. The van der Waals surface area contributed by atoms with Gasteiger partial charge in [0.15, 0.2) is 6.73 Å².